The Kier molecular flexibility index (Phi) is 8.61. The quantitative estimate of drug-likeness (QED) is 0.644. The molecule has 0 aliphatic carbocycles. The minimum Gasteiger partial charge on any atom is -0.496 e. The number of anilines is 1. The first-order valence-corrected chi connectivity index (χ1v) is 8.30. The molecule has 0 atom stereocenters. The number of aryl methyl sites for hydroxylation is 1. The number of methoxy groups -OCH3 is 3. The van der Waals surface area contributed by atoms with Crippen LogP contribution in [0.3, 0.4) is 0 Å². The zero-order valence-corrected chi connectivity index (χ0v) is 16.5. The summed E-state index contributed by atoms with van der Waals surface area (Å²) in [6, 6.07) is 10.0. The standard InChI is InChI=1S/C18H23NO3.C2H2O4/c1-12-6-8-17(21-4)15(10-12)19-11-14-7-9-16(20-3)13(2)18(14)22-5;3-1(4)2(5)6/h6-10,19H,11H2,1-5H3;(H,3,4)(H,5,6). The van der Waals surface area contributed by atoms with Crippen LogP contribution >= 0.6 is 0 Å². The number of nitrogens with one attached hydrogen (secondary N) is 1. The van der Waals surface area contributed by atoms with Gasteiger partial charge in [-0.05, 0) is 43.7 Å². The molecule has 0 aliphatic rings. The summed E-state index contributed by atoms with van der Waals surface area (Å²) in [5.74, 6) is -1.15. The van der Waals surface area contributed by atoms with Crippen molar-refractivity contribution in [2.75, 3.05) is 26.6 Å². The molecule has 0 saturated carbocycles. The van der Waals surface area contributed by atoms with Crippen LogP contribution in [-0.2, 0) is 16.1 Å². The Balaban J connectivity index is 0.000000568. The fourth-order valence-corrected chi connectivity index (χ4v) is 2.52. The van der Waals surface area contributed by atoms with Gasteiger partial charge >= 0.3 is 11.9 Å². The molecule has 2 rings (SSSR count). The molecule has 0 radical (unpaired) electrons. The maximum Gasteiger partial charge on any atom is 0.414 e. The third-order valence-electron chi connectivity index (χ3n) is 3.87. The van der Waals surface area contributed by atoms with Crippen LogP contribution in [0.25, 0.3) is 0 Å². The van der Waals surface area contributed by atoms with Gasteiger partial charge in [0.05, 0.1) is 27.0 Å². The molecule has 3 N–H and O–H groups in total. The molecule has 0 spiro atoms. The monoisotopic (exact) mass is 391 g/mol. The minimum absolute atomic E-state index is 0.647. The highest BCUT2D eigenvalue weighted by atomic mass is 16.5. The second-order valence-electron chi connectivity index (χ2n) is 5.75. The van der Waals surface area contributed by atoms with E-state index >= 15 is 0 Å². The first-order chi connectivity index (χ1) is 13.2. The fraction of sp³-hybridized carbons (Fsp3) is 0.300. The predicted molar refractivity (Wildman–Crippen MR) is 105 cm³/mol. The van der Waals surface area contributed by atoms with Gasteiger partial charge in [-0.25, -0.2) is 9.59 Å². The van der Waals surface area contributed by atoms with Crippen molar-refractivity contribution >= 4 is 17.6 Å². The molecule has 152 valence electrons. The zero-order valence-electron chi connectivity index (χ0n) is 16.5. The van der Waals surface area contributed by atoms with E-state index in [-0.39, 0.29) is 0 Å². The lowest BCUT2D eigenvalue weighted by Gasteiger charge is -2.16. The van der Waals surface area contributed by atoms with E-state index in [9.17, 15) is 0 Å². The molecule has 0 saturated heterocycles. The van der Waals surface area contributed by atoms with Crippen molar-refractivity contribution in [3.05, 3.63) is 47.0 Å². The van der Waals surface area contributed by atoms with E-state index in [1.54, 1.807) is 21.3 Å². The van der Waals surface area contributed by atoms with Gasteiger partial charge in [0.2, 0.25) is 0 Å². The van der Waals surface area contributed by atoms with E-state index in [0.717, 1.165) is 34.1 Å². The van der Waals surface area contributed by atoms with Gasteiger partial charge in [0.15, 0.2) is 0 Å². The van der Waals surface area contributed by atoms with Crippen LogP contribution in [0, 0.1) is 13.8 Å². The van der Waals surface area contributed by atoms with E-state index in [0.29, 0.717) is 6.54 Å². The van der Waals surface area contributed by atoms with Crippen molar-refractivity contribution in [3.8, 4) is 17.2 Å². The van der Waals surface area contributed by atoms with Crippen molar-refractivity contribution in [2.45, 2.75) is 20.4 Å². The highest BCUT2D eigenvalue weighted by Gasteiger charge is 2.12. The van der Waals surface area contributed by atoms with Gasteiger partial charge in [0, 0.05) is 17.7 Å². The maximum atomic E-state index is 9.10. The van der Waals surface area contributed by atoms with E-state index in [1.165, 1.54) is 5.56 Å². The third-order valence-corrected chi connectivity index (χ3v) is 3.87. The predicted octanol–water partition coefficient (Wildman–Crippen LogP) is 3.10. The van der Waals surface area contributed by atoms with E-state index < -0.39 is 11.9 Å². The van der Waals surface area contributed by atoms with Crippen molar-refractivity contribution in [2.24, 2.45) is 0 Å². The van der Waals surface area contributed by atoms with Crippen LogP contribution in [0.4, 0.5) is 5.69 Å². The Bertz CT molecular complexity index is 822. The van der Waals surface area contributed by atoms with Crippen LogP contribution in [0.1, 0.15) is 16.7 Å². The topological polar surface area (TPSA) is 114 Å². The molecule has 28 heavy (non-hydrogen) atoms. The zero-order chi connectivity index (χ0) is 21.3. The Labute approximate surface area is 163 Å². The van der Waals surface area contributed by atoms with E-state index in [2.05, 4.69) is 18.3 Å². The van der Waals surface area contributed by atoms with Gasteiger partial charge in [0.1, 0.15) is 17.2 Å². The highest BCUT2D eigenvalue weighted by molar-refractivity contribution is 6.27. The van der Waals surface area contributed by atoms with Gasteiger partial charge in [-0.15, -0.1) is 0 Å². The number of rotatable bonds is 6. The molecular weight excluding hydrogens is 366 g/mol. The summed E-state index contributed by atoms with van der Waals surface area (Å²) in [4.78, 5) is 18.2. The fourth-order valence-electron chi connectivity index (χ4n) is 2.52. The Morgan fingerprint density at radius 3 is 1.96 bits per heavy atom. The molecule has 0 aromatic heterocycles. The van der Waals surface area contributed by atoms with Crippen molar-refractivity contribution < 1.29 is 34.0 Å². The Morgan fingerprint density at radius 1 is 0.893 bits per heavy atom. The number of benzene rings is 2. The SMILES string of the molecule is COc1ccc(C)cc1NCc1ccc(OC)c(C)c1OC.O=C(O)C(=O)O. The number of aliphatic carboxylic acids is 2. The third kappa shape index (κ3) is 6.08. The van der Waals surface area contributed by atoms with Gasteiger partial charge in [0.25, 0.3) is 0 Å². The Morgan fingerprint density at radius 2 is 1.46 bits per heavy atom. The van der Waals surface area contributed by atoms with Crippen molar-refractivity contribution in [1.29, 1.82) is 0 Å². The lowest BCUT2D eigenvalue weighted by molar-refractivity contribution is -0.159. The molecule has 0 unspecified atom stereocenters. The molecule has 2 aromatic carbocycles. The summed E-state index contributed by atoms with van der Waals surface area (Å²) in [6.45, 7) is 4.70. The summed E-state index contributed by atoms with van der Waals surface area (Å²) in [5, 5.41) is 18.2. The molecule has 0 amide bonds. The highest BCUT2D eigenvalue weighted by Crippen LogP contribution is 2.32. The van der Waals surface area contributed by atoms with Crippen molar-refractivity contribution in [3.63, 3.8) is 0 Å². The van der Waals surface area contributed by atoms with E-state index in [4.69, 9.17) is 34.0 Å². The Hall–Kier alpha value is -3.42. The molecule has 2 aromatic rings. The van der Waals surface area contributed by atoms with Gasteiger partial charge in [-0.2, -0.15) is 0 Å². The molecule has 0 bridgehead atoms. The maximum absolute atomic E-state index is 9.10. The van der Waals surface area contributed by atoms with Crippen LogP contribution in [0.5, 0.6) is 17.2 Å². The van der Waals surface area contributed by atoms with Gasteiger partial charge in [-0.1, -0.05) is 6.07 Å². The van der Waals surface area contributed by atoms with Crippen LogP contribution in [-0.4, -0.2) is 43.5 Å². The summed E-state index contributed by atoms with van der Waals surface area (Å²) in [5.41, 5.74) is 4.23. The molecular formula is C20H25NO7. The number of ether oxygens (including phenoxy) is 3. The molecule has 0 heterocycles. The number of hydrogen-bond acceptors (Lipinski definition) is 6. The summed E-state index contributed by atoms with van der Waals surface area (Å²) >= 11 is 0. The first kappa shape index (κ1) is 22.6. The number of hydrogen-bond donors (Lipinski definition) is 3. The molecule has 0 fully saturated rings. The lowest BCUT2D eigenvalue weighted by Crippen LogP contribution is -2.09. The largest absolute Gasteiger partial charge is 0.496 e. The van der Waals surface area contributed by atoms with Crippen LogP contribution < -0.4 is 19.5 Å². The molecule has 0 aliphatic heterocycles. The van der Waals surface area contributed by atoms with Gasteiger partial charge < -0.3 is 29.7 Å². The molecule has 8 nitrogen and oxygen atoms in total. The number of carboxylic acid groups (broad SMARTS) is 2. The summed E-state index contributed by atoms with van der Waals surface area (Å²) in [6.07, 6.45) is 0. The van der Waals surface area contributed by atoms with Crippen LogP contribution in [0.15, 0.2) is 30.3 Å². The first-order valence-electron chi connectivity index (χ1n) is 8.30. The van der Waals surface area contributed by atoms with E-state index in [1.807, 2.05) is 31.2 Å². The number of carbonyl (C=O) groups is 2. The second-order valence-corrected chi connectivity index (χ2v) is 5.75. The summed E-state index contributed by atoms with van der Waals surface area (Å²) in [7, 11) is 5.02. The normalized spacial score (nSPS) is 9.61. The smallest absolute Gasteiger partial charge is 0.414 e. The minimum atomic E-state index is -1.82. The van der Waals surface area contributed by atoms with Gasteiger partial charge in [-0.3, -0.25) is 0 Å². The van der Waals surface area contributed by atoms with Crippen LogP contribution in [0.2, 0.25) is 0 Å². The number of carboxylic acids is 2. The average molecular weight is 391 g/mol. The average Bonchev–Trinajstić information content (AvgIpc) is 2.67. The lowest BCUT2D eigenvalue weighted by atomic mass is 10.1. The molecule has 8 heteroatoms. The second kappa shape index (κ2) is 10.7. The van der Waals surface area contributed by atoms with Crippen molar-refractivity contribution in [1.82, 2.24) is 0 Å². The summed E-state index contributed by atoms with van der Waals surface area (Å²) < 4.78 is 16.3.